The number of ether oxygens (including phenoxy) is 1. The van der Waals surface area contributed by atoms with E-state index < -0.39 is 0 Å². The van der Waals surface area contributed by atoms with Gasteiger partial charge in [-0.25, -0.2) is 4.68 Å². The first kappa shape index (κ1) is 20.6. The molecule has 0 saturated heterocycles. The number of halogens is 1. The van der Waals surface area contributed by atoms with E-state index in [4.69, 9.17) is 16.3 Å². The van der Waals surface area contributed by atoms with Crippen LogP contribution in [0.1, 0.15) is 25.5 Å². The van der Waals surface area contributed by atoms with Gasteiger partial charge in [-0.15, -0.1) is 0 Å². The summed E-state index contributed by atoms with van der Waals surface area (Å²) in [6, 6.07) is 14.2. The maximum atomic E-state index is 13.1. The average Bonchev–Trinajstić information content (AvgIpc) is 2.71. The topological polar surface area (TPSA) is 73.2 Å². The van der Waals surface area contributed by atoms with Crippen molar-refractivity contribution in [3.63, 3.8) is 0 Å². The minimum atomic E-state index is -0.254. The van der Waals surface area contributed by atoms with Gasteiger partial charge < -0.3 is 10.1 Å². The summed E-state index contributed by atoms with van der Waals surface area (Å²) < 4.78 is 6.87. The highest BCUT2D eigenvalue weighted by atomic mass is 35.5. The third-order valence-electron chi connectivity index (χ3n) is 4.42. The molecule has 0 aliphatic carbocycles. The largest absolute Gasteiger partial charge is 0.497 e. The minimum absolute atomic E-state index is 0.190. The molecule has 1 amide bonds. The van der Waals surface area contributed by atoms with E-state index in [0.29, 0.717) is 51.9 Å². The number of anilines is 1. The van der Waals surface area contributed by atoms with Gasteiger partial charge in [0.15, 0.2) is 0 Å². The molecule has 0 saturated carbocycles. The standard InChI is InChI=1S/C22H22ClN3O3/c1-4-6-19(27)24-22-20(15-7-5-8-18(13-15)29-3)21(28)14(2)25-26(22)17-11-9-16(23)10-12-17/h5,7-13H,4,6H2,1-3H3,(H,24,27). The van der Waals surface area contributed by atoms with E-state index >= 15 is 0 Å². The summed E-state index contributed by atoms with van der Waals surface area (Å²) in [5, 5.41) is 7.89. The van der Waals surface area contributed by atoms with Crippen LogP contribution < -0.4 is 15.5 Å². The first-order chi connectivity index (χ1) is 13.9. The number of aromatic nitrogens is 2. The molecule has 1 heterocycles. The highest BCUT2D eigenvalue weighted by Crippen LogP contribution is 2.30. The molecule has 0 atom stereocenters. The third-order valence-corrected chi connectivity index (χ3v) is 4.67. The van der Waals surface area contributed by atoms with E-state index in [2.05, 4.69) is 10.4 Å². The van der Waals surface area contributed by atoms with Crippen LogP contribution in [0.4, 0.5) is 5.82 Å². The van der Waals surface area contributed by atoms with Gasteiger partial charge in [0.2, 0.25) is 11.3 Å². The van der Waals surface area contributed by atoms with Crippen molar-refractivity contribution in [3.05, 3.63) is 69.5 Å². The number of methoxy groups -OCH3 is 1. The Hall–Kier alpha value is -3.12. The van der Waals surface area contributed by atoms with Crippen molar-refractivity contribution in [1.29, 1.82) is 0 Å². The fourth-order valence-corrected chi connectivity index (χ4v) is 3.12. The number of aryl methyl sites for hydroxylation is 1. The summed E-state index contributed by atoms with van der Waals surface area (Å²) in [5.41, 5.74) is 1.72. The predicted octanol–water partition coefficient (Wildman–Crippen LogP) is 4.61. The molecule has 0 unspecified atom stereocenters. The maximum absolute atomic E-state index is 13.1. The quantitative estimate of drug-likeness (QED) is 0.642. The van der Waals surface area contributed by atoms with E-state index in [1.165, 1.54) is 0 Å². The second-order valence-corrected chi connectivity index (χ2v) is 6.99. The lowest BCUT2D eigenvalue weighted by Gasteiger charge is -2.18. The van der Waals surface area contributed by atoms with Gasteiger partial charge in [-0.3, -0.25) is 9.59 Å². The molecule has 2 aromatic carbocycles. The number of carbonyl (C=O) groups excluding carboxylic acids is 1. The summed E-state index contributed by atoms with van der Waals surface area (Å²) >= 11 is 6.02. The van der Waals surface area contributed by atoms with Crippen LogP contribution in [-0.4, -0.2) is 22.8 Å². The Bertz CT molecular complexity index is 1090. The number of benzene rings is 2. The summed E-state index contributed by atoms with van der Waals surface area (Å²) in [5.74, 6) is 0.735. The van der Waals surface area contributed by atoms with E-state index in [9.17, 15) is 9.59 Å². The molecular formula is C22H22ClN3O3. The first-order valence-corrected chi connectivity index (χ1v) is 9.66. The van der Waals surface area contributed by atoms with Crippen LogP contribution in [0, 0.1) is 6.92 Å². The normalized spacial score (nSPS) is 10.6. The number of amides is 1. The van der Waals surface area contributed by atoms with Gasteiger partial charge >= 0.3 is 0 Å². The lowest BCUT2D eigenvalue weighted by Crippen LogP contribution is -2.24. The Morgan fingerprint density at radius 1 is 1.21 bits per heavy atom. The summed E-state index contributed by atoms with van der Waals surface area (Å²) in [6.45, 7) is 3.57. The fourth-order valence-electron chi connectivity index (χ4n) is 2.99. The zero-order valence-electron chi connectivity index (χ0n) is 16.5. The molecule has 0 radical (unpaired) electrons. The van der Waals surface area contributed by atoms with Gasteiger partial charge in [-0.2, -0.15) is 5.10 Å². The predicted molar refractivity (Wildman–Crippen MR) is 115 cm³/mol. The first-order valence-electron chi connectivity index (χ1n) is 9.28. The maximum Gasteiger partial charge on any atom is 0.225 e. The Morgan fingerprint density at radius 3 is 2.59 bits per heavy atom. The van der Waals surface area contributed by atoms with Gasteiger partial charge in [-0.1, -0.05) is 30.7 Å². The monoisotopic (exact) mass is 411 g/mol. The Kier molecular flexibility index (Phi) is 6.34. The average molecular weight is 412 g/mol. The molecule has 7 heteroatoms. The lowest BCUT2D eigenvalue weighted by molar-refractivity contribution is -0.116. The van der Waals surface area contributed by atoms with Crippen molar-refractivity contribution < 1.29 is 9.53 Å². The lowest BCUT2D eigenvalue weighted by atomic mass is 10.0. The zero-order chi connectivity index (χ0) is 21.0. The van der Waals surface area contributed by atoms with Gasteiger partial charge in [0.1, 0.15) is 17.3 Å². The number of nitrogens with zero attached hydrogens (tertiary/aromatic N) is 2. The third kappa shape index (κ3) is 4.49. The second kappa shape index (κ2) is 8.92. The zero-order valence-corrected chi connectivity index (χ0v) is 17.3. The minimum Gasteiger partial charge on any atom is -0.497 e. The van der Waals surface area contributed by atoms with Crippen molar-refractivity contribution in [2.75, 3.05) is 12.4 Å². The SMILES string of the molecule is CCCC(=O)Nc1c(-c2cccc(OC)c2)c(=O)c(C)nn1-c1ccc(Cl)cc1. The van der Waals surface area contributed by atoms with Crippen molar-refractivity contribution in [1.82, 2.24) is 9.78 Å². The summed E-state index contributed by atoms with van der Waals surface area (Å²) in [6.07, 6.45) is 1.02. The highest BCUT2D eigenvalue weighted by Gasteiger charge is 2.20. The van der Waals surface area contributed by atoms with Crippen LogP contribution in [-0.2, 0) is 4.79 Å². The molecule has 29 heavy (non-hydrogen) atoms. The number of hydrogen-bond acceptors (Lipinski definition) is 4. The van der Waals surface area contributed by atoms with E-state index in [1.54, 1.807) is 67.2 Å². The Morgan fingerprint density at radius 2 is 1.93 bits per heavy atom. The number of carbonyl (C=O) groups is 1. The molecule has 1 aromatic heterocycles. The Labute approximate surface area is 174 Å². The molecule has 3 rings (SSSR count). The molecular weight excluding hydrogens is 390 g/mol. The fraction of sp³-hybridized carbons (Fsp3) is 0.227. The summed E-state index contributed by atoms with van der Waals surface area (Å²) in [4.78, 5) is 25.5. The molecule has 1 N–H and O–H groups in total. The molecule has 6 nitrogen and oxygen atoms in total. The molecule has 0 spiro atoms. The number of hydrogen-bond donors (Lipinski definition) is 1. The molecule has 0 bridgehead atoms. The van der Waals surface area contributed by atoms with Crippen LogP contribution in [0.3, 0.4) is 0 Å². The molecule has 0 fully saturated rings. The smallest absolute Gasteiger partial charge is 0.225 e. The Balaban J connectivity index is 2.31. The molecule has 150 valence electrons. The van der Waals surface area contributed by atoms with Crippen LogP contribution >= 0.6 is 11.6 Å². The molecule has 3 aromatic rings. The van der Waals surface area contributed by atoms with Crippen LogP contribution in [0.5, 0.6) is 5.75 Å². The van der Waals surface area contributed by atoms with Crippen molar-refractivity contribution in [3.8, 4) is 22.6 Å². The molecule has 0 aliphatic rings. The van der Waals surface area contributed by atoms with Crippen molar-refractivity contribution >= 4 is 23.3 Å². The molecule has 0 aliphatic heterocycles. The second-order valence-electron chi connectivity index (χ2n) is 6.56. The van der Waals surface area contributed by atoms with Gasteiger partial charge in [-0.05, 0) is 55.3 Å². The summed E-state index contributed by atoms with van der Waals surface area (Å²) in [7, 11) is 1.56. The van der Waals surface area contributed by atoms with E-state index in [0.717, 1.165) is 0 Å². The van der Waals surface area contributed by atoms with Crippen LogP contribution in [0.15, 0.2) is 53.3 Å². The van der Waals surface area contributed by atoms with Gasteiger partial charge in [0, 0.05) is 11.4 Å². The number of rotatable bonds is 6. The number of nitrogens with one attached hydrogen (secondary N) is 1. The van der Waals surface area contributed by atoms with Gasteiger partial charge in [0.05, 0.1) is 18.4 Å². The van der Waals surface area contributed by atoms with Crippen LogP contribution in [0.2, 0.25) is 5.02 Å². The van der Waals surface area contributed by atoms with E-state index in [-0.39, 0.29) is 11.3 Å². The van der Waals surface area contributed by atoms with Crippen molar-refractivity contribution in [2.24, 2.45) is 0 Å². The van der Waals surface area contributed by atoms with E-state index in [1.807, 2.05) is 6.92 Å². The van der Waals surface area contributed by atoms with Crippen LogP contribution in [0.25, 0.3) is 16.8 Å². The highest BCUT2D eigenvalue weighted by molar-refractivity contribution is 6.30. The van der Waals surface area contributed by atoms with Crippen molar-refractivity contribution in [2.45, 2.75) is 26.7 Å². The van der Waals surface area contributed by atoms with Gasteiger partial charge in [0.25, 0.3) is 0 Å².